The third-order valence-corrected chi connectivity index (χ3v) is 7.86. The number of nitrogens with one attached hydrogen (secondary N) is 4. The van der Waals surface area contributed by atoms with Gasteiger partial charge in [-0.15, -0.1) is 11.3 Å². The van der Waals surface area contributed by atoms with Gasteiger partial charge in [0.2, 0.25) is 16.0 Å². The van der Waals surface area contributed by atoms with Crippen LogP contribution in [0.15, 0.2) is 47.8 Å². The van der Waals surface area contributed by atoms with Crippen LogP contribution in [0, 0.1) is 6.92 Å². The fourth-order valence-electron chi connectivity index (χ4n) is 4.68. The number of thiophene rings is 1. The van der Waals surface area contributed by atoms with Gasteiger partial charge in [0, 0.05) is 5.69 Å². The maximum absolute atomic E-state index is 11.6. The Kier molecular flexibility index (Phi) is 7.18. The van der Waals surface area contributed by atoms with Crippen LogP contribution < -0.4 is 25.4 Å². The lowest BCUT2D eigenvalue weighted by Crippen LogP contribution is -2.27. The zero-order valence-electron chi connectivity index (χ0n) is 21.0. The second-order valence-electron chi connectivity index (χ2n) is 9.17. The van der Waals surface area contributed by atoms with Gasteiger partial charge in [-0.3, -0.25) is 4.72 Å². The number of rotatable bonds is 8. The number of methoxy groups -OCH3 is 1. The highest BCUT2D eigenvalue weighted by atomic mass is 32.2. The molecule has 0 unspecified atom stereocenters. The molecule has 0 radical (unpaired) electrons. The number of aromatic nitrogens is 2. The van der Waals surface area contributed by atoms with Crippen molar-refractivity contribution in [1.29, 1.82) is 0 Å². The highest BCUT2D eigenvalue weighted by molar-refractivity contribution is 7.92. The third kappa shape index (κ3) is 5.95. The number of benzene rings is 2. The van der Waals surface area contributed by atoms with Gasteiger partial charge in [0.15, 0.2) is 5.82 Å². The Morgan fingerprint density at radius 3 is 2.59 bits per heavy atom. The van der Waals surface area contributed by atoms with Gasteiger partial charge in [-0.2, -0.15) is 4.98 Å². The lowest BCUT2D eigenvalue weighted by atomic mass is 9.87. The van der Waals surface area contributed by atoms with Crippen molar-refractivity contribution in [3.63, 3.8) is 0 Å². The van der Waals surface area contributed by atoms with Gasteiger partial charge in [-0.05, 0) is 91.7 Å². The molecule has 1 aliphatic rings. The van der Waals surface area contributed by atoms with E-state index in [0.29, 0.717) is 29.1 Å². The van der Waals surface area contributed by atoms with Gasteiger partial charge in [0.1, 0.15) is 5.75 Å². The second kappa shape index (κ2) is 10.5. The molecule has 0 bridgehead atoms. The molecule has 3 heterocycles. The number of nitrogens with zero attached hydrogens (tertiary/aromatic N) is 2. The first kappa shape index (κ1) is 25.2. The first-order valence-electron chi connectivity index (χ1n) is 12.1. The van der Waals surface area contributed by atoms with Crippen molar-refractivity contribution in [1.82, 2.24) is 15.3 Å². The Labute approximate surface area is 220 Å². The van der Waals surface area contributed by atoms with Crippen LogP contribution in [0.5, 0.6) is 5.75 Å². The molecule has 0 atom stereocenters. The standard InChI is InChI=1S/C26H30N6O3S2/c1-16-13-22(23(35-2)15-20(16)17-7-10-27-11-8-17)30-26-29-21-9-12-36-24(21)25(31-26)28-18-5-4-6-19(14-18)32-37(3,33)34/h4-6,9,12-15,17,27,32H,7-8,10-11H2,1-3H3,(H2,28,29,30,31). The number of fused-ring (bicyclic) bond motifs is 1. The van der Waals surface area contributed by atoms with E-state index >= 15 is 0 Å². The van der Waals surface area contributed by atoms with Crippen molar-refractivity contribution in [3.05, 3.63) is 59.0 Å². The van der Waals surface area contributed by atoms with E-state index in [-0.39, 0.29) is 0 Å². The molecule has 1 fully saturated rings. The van der Waals surface area contributed by atoms with Crippen LogP contribution in [0.4, 0.5) is 28.8 Å². The van der Waals surface area contributed by atoms with Gasteiger partial charge in [0.05, 0.1) is 35.0 Å². The van der Waals surface area contributed by atoms with Crippen molar-refractivity contribution in [2.75, 3.05) is 41.8 Å². The van der Waals surface area contributed by atoms with Crippen LogP contribution in [0.1, 0.15) is 29.9 Å². The molecule has 9 nitrogen and oxygen atoms in total. The summed E-state index contributed by atoms with van der Waals surface area (Å²) < 4.78 is 32.4. The van der Waals surface area contributed by atoms with Gasteiger partial charge in [-0.25, -0.2) is 13.4 Å². The number of ether oxygens (including phenoxy) is 1. The molecule has 1 aliphatic heterocycles. The number of hydrogen-bond donors (Lipinski definition) is 4. The summed E-state index contributed by atoms with van der Waals surface area (Å²) in [4.78, 5) is 9.47. The fourth-order valence-corrected chi connectivity index (χ4v) is 6.01. The molecule has 0 amide bonds. The number of aryl methyl sites for hydroxylation is 1. The average molecular weight is 539 g/mol. The number of hydrogen-bond acceptors (Lipinski definition) is 9. The fraction of sp³-hybridized carbons (Fsp3) is 0.308. The first-order chi connectivity index (χ1) is 17.8. The predicted octanol–water partition coefficient (Wildman–Crippen LogP) is 5.33. The van der Waals surface area contributed by atoms with E-state index in [1.807, 2.05) is 17.5 Å². The summed E-state index contributed by atoms with van der Waals surface area (Å²) in [5.41, 5.74) is 5.31. The maximum atomic E-state index is 11.6. The van der Waals surface area contributed by atoms with Crippen LogP contribution in [-0.4, -0.2) is 44.8 Å². The SMILES string of the molecule is COc1cc(C2CCNCC2)c(C)cc1Nc1nc(Nc2cccc(NS(C)(=O)=O)c2)c2sccc2n1. The Balaban J connectivity index is 1.45. The van der Waals surface area contributed by atoms with Crippen LogP contribution in [0.2, 0.25) is 0 Å². The Morgan fingerprint density at radius 2 is 1.84 bits per heavy atom. The average Bonchev–Trinajstić information content (AvgIpc) is 3.33. The van der Waals surface area contributed by atoms with Gasteiger partial charge in [-0.1, -0.05) is 6.07 Å². The molecule has 5 rings (SSSR count). The maximum Gasteiger partial charge on any atom is 0.229 e. The Morgan fingerprint density at radius 1 is 1.05 bits per heavy atom. The zero-order valence-corrected chi connectivity index (χ0v) is 22.6. The van der Waals surface area contributed by atoms with E-state index in [1.165, 1.54) is 22.5 Å². The number of anilines is 5. The first-order valence-corrected chi connectivity index (χ1v) is 14.8. The van der Waals surface area contributed by atoms with Crippen molar-refractivity contribution in [2.45, 2.75) is 25.7 Å². The Hall–Kier alpha value is -3.41. The predicted molar refractivity (Wildman–Crippen MR) is 151 cm³/mol. The summed E-state index contributed by atoms with van der Waals surface area (Å²) in [6.45, 7) is 4.20. The summed E-state index contributed by atoms with van der Waals surface area (Å²) in [5.74, 6) is 2.33. The second-order valence-corrected chi connectivity index (χ2v) is 11.8. The number of sulfonamides is 1. The molecule has 194 valence electrons. The molecular weight excluding hydrogens is 508 g/mol. The molecule has 4 N–H and O–H groups in total. The summed E-state index contributed by atoms with van der Waals surface area (Å²) in [7, 11) is -1.70. The minimum atomic E-state index is -3.38. The van der Waals surface area contributed by atoms with E-state index in [0.717, 1.165) is 53.8 Å². The highest BCUT2D eigenvalue weighted by Crippen LogP contribution is 2.37. The summed E-state index contributed by atoms with van der Waals surface area (Å²) in [6, 6.07) is 13.2. The smallest absolute Gasteiger partial charge is 0.229 e. The Bertz CT molecular complexity index is 1530. The van der Waals surface area contributed by atoms with Gasteiger partial charge < -0.3 is 20.7 Å². The van der Waals surface area contributed by atoms with Crippen LogP contribution >= 0.6 is 11.3 Å². The lowest BCUT2D eigenvalue weighted by molar-refractivity contribution is 0.413. The van der Waals surface area contributed by atoms with Crippen LogP contribution in [0.3, 0.4) is 0 Å². The van der Waals surface area contributed by atoms with Gasteiger partial charge >= 0.3 is 0 Å². The summed E-state index contributed by atoms with van der Waals surface area (Å²) in [6.07, 6.45) is 3.36. The molecule has 0 aliphatic carbocycles. The van der Waals surface area contributed by atoms with Crippen LogP contribution in [0.25, 0.3) is 10.2 Å². The molecule has 2 aromatic carbocycles. The lowest BCUT2D eigenvalue weighted by Gasteiger charge is -2.25. The zero-order chi connectivity index (χ0) is 26.0. The topological polar surface area (TPSA) is 117 Å². The minimum absolute atomic E-state index is 0.436. The monoisotopic (exact) mass is 538 g/mol. The largest absolute Gasteiger partial charge is 0.495 e. The quantitative estimate of drug-likeness (QED) is 0.238. The highest BCUT2D eigenvalue weighted by Gasteiger charge is 2.20. The van der Waals surface area contributed by atoms with Crippen molar-refractivity contribution in [2.24, 2.45) is 0 Å². The summed E-state index contributed by atoms with van der Waals surface area (Å²) >= 11 is 1.53. The molecule has 2 aromatic heterocycles. The van der Waals surface area contributed by atoms with Crippen molar-refractivity contribution < 1.29 is 13.2 Å². The van der Waals surface area contributed by atoms with Crippen LogP contribution in [-0.2, 0) is 10.0 Å². The van der Waals surface area contributed by atoms with E-state index in [2.05, 4.69) is 39.7 Å². The summed E-state index contributed by atoms with van der Waals surface area (Å²) in [5, 5.41) is 12.1. The minimum Gasteiger partial charge on any atom is -0.495 e. The molecule has 1 saturated heterocycles. The van der Waals surface area contributed by atoms with Gasteiger partial charge in [0.25, 0.3) is 0 Å². The van der Waals surface area contributed by atoms with E-state index < -0.39 is 10.0 Å². The molecule has 0 spiro atoms. The molecule has 0 saturated carbocycles. The van der Waals surface area contributed by atoms with E-state index in [1.54, 1.807) is 25.3 Å². The van der Waals surface area contributed by atoms with Crippen molar-refractivity contribution >= 4 is 60.4 Å². The van der Waals surface area contributed by atoms with E-state index in [9.17, 15) is 8.42 Å². The molecular formula is C26H30N6O3S2. The molecule has 11 heteroatoms. The van der Waals surface area contributed by atoms with Crippen molar-refractivity contribution in [3.8, 4) is 5.75 Å². The third-order valence-electron chi connectivity index (χ3n) is 6.35. The van der Waals surface area contributed by atoms with E-state index in [4.69, 9.17) is 14.7 Å². The molecule has 4 aromatic rings. The normalized spacial score (nSPS) is 14.5. The number of piperidine rings is 1. The molecule has 37 heavy (non-hydrogen) atoms.